The summed E-state index contributed by atoms with van der Waals surface area (Å²) in [5, 5.41) is 26.0. The molecule has 2 aliphatic rings. The molecule has 5 aromatic rings. The molecule has 1 saturated heterocycles. The molecule has 5 heteroatoms. The third-order valence-corrected chi connectivity index (χ3v) is 9.44. The molecule has 0 saturated carbocycles. The monoisotopic (exact) mass is 840 g/mol. The molecule has 1 heterocycles. The first-order valence-electron chi connectivity index (χ1n) is 18.0. The Morgan fingerprint density at radius 1 is 0.745 bits per heavy atom. The Bertz CT molecular complexity index is 2000. The van der Waals surface area contributed by atoms with Crippen molar-refractivity contribution in [3.8, 4) is 0 Å². The quantitative estimate of drug-likeness (QED) is 0.0891. The van der Waals surface area contributed by atoms with Crippen LogP contribution in [0.1, 0.15) is 93.1 Å². The average Bonchev–Trinajstić information content (AvgIpc) is 3.14. The summed E-state index contributed by atoms with van der Waals surface area (Å²) in [7, 11) is 7.00. The van der Waals surface area contributed by atoms with Gasteiger partial charge in [-0.15, -0.1) is 29.9 Å². The van der Waals surface area contributed by atoms with Crippen LogP contribution in [0.2, 0.25) is 0 Å². The van der Waals surface area contributed by atoms with Crippen LogP contribution in [0.25, 0.3) is 55.0 Å². The Hall–Kier alpha value is -3.44. The van der Waals surface area contributed by atoms with Crippen molar-refractivity contribution in [2.45, 2.75) is 76.9 Å². The molecule has 0 radical (unpaired) electrons. The van der Waals surface area contributed by atoms with Crippen molar-refractivity contribution < 1.29 is 25.8 Å². The molecule has 3 atom stereocenters. The fraction of sp³-hybridized carbons (Fsp3) is 0.348. The SMILES string of the molecule is CC(C)c1cccc(C(C)C)c1[N-]C(c1cc2ccccc2c2ccccc12)C1CCCC(c2[c-]ccc3c2=CC=C[C+]=3)[N-]1.C[N-]C.C[N-]C.[Hf]. The van der Waals surface area contributed by atoms with Gasteiger partial charge in [-0.25, -0.2) is 0 Å². The molecule has 1 fully saturated rings. The maximum Gasteiger partial charge on any atom is 0.153 e. The van der Waals surface area contributed by atoms with E-state index in [2.05, 4.69) is 141 Å². The fourth-order valence-electron chi connectivity index (χ4n) is 7.24. The molecule has 0 aromatic heterocycles. The van der Waals surface area contributed by atoms with E-state index in [-0.39, 0.29) is 44.0 Å². The summed E-state index contributed by atoms with van der Waals surface area (Å²) in [6, 6.07) is 34.6. The molecule has 264 valence electrons. The Morgan fingerprint density at radius 2 is 1.37 bits per heavy atom. The van der Waals surface area contributed by atoms with Gasteiger partial charge in [0.1, 0.15) is 0 Å². The van der Waals surface area contributed by atoms with Crippen LogP contribution in [0.15, 0.2) is 97.1 Å². The van der Waals surface area contributed by atoms with Crippen molar-refractivity contribution >= 4 is 39.4 Å². The number of hydrogen-bond acceptors (Lipinski definition) is 0. The predicted octanol–water partition coefficient (Wildman–Crippen LogP) is 11.7. The minimum absolute atomic E-state index is 0. The van der Waals surface area contributed by atoms with Crippen LogP contribution in [0, 0.1) is 6.07 Å². The van der Waals surface area contributed by atoms with Gasteiger partial charge in [-0.3, -0.25) is 0 Å². The first kappa shape index (κ1) is 40.3. The van der Waals surface area contributed by atoms with Crippen LogP contribution in [-0.2, 0) is 25.8 Å². The largest absolute Gasteiger partial charge is 0.679 e. The van der Waals surface area contributed by atoms with Crippen molar-refractivity contribution in [3.63, 3.8) is 0 Å². The van der Waals surface area contributed by atoms with E-state index >= 15 is 0 Å². The number of fused-ring (bicyclic) bond motifs is 4. The molecular weight excluding hydrogens is 787 g/mol. The maximum atomic E-state index is 5.83. The molecule has 7 rings (SSSR count). The van der Waals surface area contributed by atoms with Gasteiger partial charge >= 0.3 is 0 Å². The Labute approximate surface area is 325 Å². The van der Waals surface area contributed by atoms with Gasteiger partial charge in [0.2, 0.25) is 0 Å². The van der Waals surface area contributed by atoms with E-state index in [9.17, 15) is 0 Å². The Kier molecular flexibility index (Phi) is 15.4. The first-order chi connectivity index (χ1) is 24.3. The maximum absolute atomic E-state index is 5.83. The van der Waals surface area contributed by atoms with Crippen LogP contribution in [0.4, 0.5) is 5.69 Å². The van der Waals surface area contributed by atoms with Gasteiger partial charge in [0.25, 0.3) is 0 Å². The van der Waals surface area contributed by atoms with Gasteiger partial charge in [-0.2, -0.15) is 28.2 Å². The summed E-state index contributed by atoms with van der Waals surface area (Å²) in [5.41, 5.74) is 6.25. The van der Waals surface area contributed by atoms with Gasteiger partial charge in [-0.1, -0.05) is 148 Å². The van der Waals surface area contributed by atoms with Gasteiger partial charge in [0.05, 0.1) is 11.3 Å². The number of rotatable bonds is 7. The minimum atomic E-state index is -0.105. The number of piperidine rings is 1. The third kappa shape index (κ3) is 9.33. The minimum Gasteiger partial charge on any atom is -0.679 e. The summed E-state index contributed by atoms with van der Waals surface area (Å²) in [5.74, 6) is 0.748. The summed E-state index contributed by atoms with van der Waals surface area (Å²) in [4.78, 5) is 0. The van der Waals surface area contributed by atoms with Crippen molar-refractivity contribution in [1.29, 1.82) is 0 Å². The normalized spacial score (nSPS) is 16.7. The second kappa shape index (κ2) is 19.4. The zero-order valence-electron chi connectivity index (χ0n) is 31.6. The standard InChI is InChI=1S/C42H40N2.2C2H6N.Hf/c1-27(2)31-21-12-22-32(28(3)4)41(31)44-42(38-26-30-15-6-8-18-34(30)35-19-9-10-20-36(35)38)40-25-13-24-39(43-40)37-23-11-16-29-14-5-7-17-33(29)37;2*1-3-2;/h5-12,15-22,26-28,39-40,42H,13,24-25H2,1-4H3;2*1-2H3;/q-2;2*-1;. The van der Waals surface area contributed by atoms with E-state index in [1.165, 1.54) is 49.0 Å². The number of para-hydroxylation sites is 1. The second-order valence-corrected chi connectivity index (χ2v) is 13.8. The molecule has 5 aromatic carbocycles. The van der Waals surface area contributed by atoms with Gasteiger partial charge in [0, 0.05) is 50.1 Å². The van der Waals surface area contributed by atoms with Crippen LogP contribution in [-0.4, -0.2) is 34.2 Å². The van der Waals surface area contributed by atoms with E-state index in [1.807, 2.05) is 12.1 Å². The Morgan fingerprint density at radius 3 is 2.04 bits per heavy atom. The molecule has 1 aliphatic carbocycles. The molecule has 0 N–H and O–H groups in total. The molecular formula is C46H52HfN4-4. The summed E-state index contributed by atoms with van der Waals surface area (Å²) < 4.78 is 0. The molecule has 0 bridgehead atoms. The predicted molar refractivity (Wildman–Crippen MR) is 218 cm³/mol. The van der Waals surface area contributed by atoms with E-state index in [0.717, 1.165) is 30.2 Å². The van der Waals surface area contributed by atoms with E-state index in [0.29, 0.717) is 11.8 Å². The van der Waals surface area contributed by atoms with Crippen molar-refractivity contribution in [2.24, 2.45) is 0 Å². The summed E-state index contributed by atoms with van der Waals surface area (Å²) in [6.45, 7) is 9.14. The number of hydrogen-bond donors (Lipinski definition) is 0. The summed E-state index contributed by atoms with van der Waals surface area (Å²) in [6.07, 6.45) is 12.8. The summed E-state index contributed by atoms with van der Waals surface area (Å²) >= 11 is 0. The molecule has 1 aliphatic heterocycles. The Balaban J connectivity index is 0.000000780. The molecule has 0 spiro atoms. The van der Waals surface area contributed by atoms with Crippen LogP contribution < -0.4 is 10.4 Å². The molecule has 4 nitrogen and oxygen atoms in total. The fourth-order valence-corrected chi connectivity index (χ4v) is 7.24. The van der Waals surface area contributed by atoms with Gasteiger partial charge in [-0.05, 0) is 33.4 Å². The van der Waals surface area contributed by atoms with Crippen molar-refractivity contribution in [3.05, 3.63) is 157 Å². The van der Waals surface area contributed by atoms with Gasteiger partial charge in [0.15, 0.2) is 5.22 Å². The molecule has 51 heavy (non-hydrogen) atoms. The zero-order valence-corrected chi connectivity index (χ0v) is 35.2. The smallest absolute Gasteiger partial charge is 0.153 e. The van der Waals surface area contributed by atoms with Crippen molar-refractivity contribution in [1.82, 2.24) is 0 Å². The van der Waals surface area contributed by atoms with Crippen LogP contribution in [0.5, 0.6) is 0 Å². The molecule has 3 unspecified atom stereocenters. The second-order valence-electron chi connectivity index (χ2n) is 13.8. The first-order valence-corrected chi connectivity index (χ1v) is 18.0. The zero-order chi connectivity index (χ0) is 35.6. The number of nitrogens with zero attached hydrogens (tertiary/aromatic N) is 4. The van der Waals surface area contributed by atoms with E-state index in [1.54, 1.807) is 28.2 Å². The topological polar surface area (TPSA) is 56.4 Å². The van der Waals surface area contributed by atoms with Crippen LogP contribution >= 0.6 is 0 Å². The molecule has 0 amide bonds. The van der Waals surface area contributed by atoms with E-state index in [4.69, 9.17) is 10.6 Å². The number of allylic oxidation sites excluding steroid dienone is 2. The van der Waals surface area contributed by atoms with Gasteiger partial charge < -0.3 is 21.3 Å². The van der Waals surface area contributed by atoms with Crippen molar-refractivity contribution in [2.75, 3.05) is 28.2 Å². The average molecular weight is 839 g/mol. The van der Waals surface area contributed by atoms with Crippen LogP contribution in [0.3, 0.4) is 0 Å². The third-order valence-electron chi connectivity index (χ3n) is 9.44. The van der Waals surface area contributed by atoms with E-state index < -0.39 is 0 Å². The number of benzene rings is 5.